The van der Waals surface area contributed by atoms with Gasteiger partial charge in [0.1, 0.15) is 0 Å². The van der Waals surface area contributed by atoms with Crippen LogP contribution >= 0.6 is 0 Å². The molecule has 1 amide bonds. The summed E-state index contributed by atoms with van der Waals surface area (Å²) in [5, 5.41) is 14.4. The van der Waals surface area contributed by atoms with Crippen molar-refractivity contribution in [2.75, 3.05) is 38.2 Å². The maximum Gasteiger partial charge on any atom is 0.270 e. The van der Waals surface area contributed by atoms with Crippen LogP contribution in [0.25, 0.3) is 22.4 Å². The van der Waals surface area contributed by atoms with Gasteiger partial charge in [-0.2, -0.15) is 0 Å². The molecule has 0 saturated carbocycles. The van der Waals surface area contributed by atoms with Crippen molar-refractivity contribution in [3.05, 3.63) is 76.5 Å². The first-order valence-corrected chi connectivity index (χ1v) is 10.9. The number of anilines is 1. The van der Waals surface area contributed by atoms with E-state index in [2.05, 4.69) is 10.2 Å². The molecule has 1 saturated heterocycles. The van der Waals surface area contributed by atoms with Gasteiger partial charge in [-0.25, -0.2) is 0 Å². The number of pyridine rings is 1. The number of nitro benzene ring substituents is 1. The number of aromatic nitrogens is 1. The topological polar surface area (TPSA) is 97.6 Å². The first-order chi connectivity index (χ1) is 16.0. The maximum absolute atomic E-state index is 12.8. The van der Waals surface area contributed by atoms with E-state index in [1.54, 1.807) is 12.1 Å². The molecule has 0 bridgehead atoms. The second-order valence-electron chi connectivity index (χ2n) is 7.94. The Balaban J connectivity index is 1.67. The Labute approximate surface area is 192 Å². The third kappa shape index (κ3) is 5.60. The van der Waals surface area contributed by atoms with Crippen molar-refractivity contribution in [3.63, 3.8) is 0 Å². The molecule has 0 unspecified atom stereocenters. The van der Waals surface area contributed by atoms with E-state index in [0.29, 0.717) is 48.7 Å². The summed E-state index contributed by atoms with van der Waals surface area (Å²) in [7, 11) is 0. The van der Waals surface area contributed by atoms with E-state index in [1.807, 2.05) is 43.3 Å². The number of nitro groups is 1. The van der Waals surface area contributed by atoms with Gasteiger partial charge in [-0.05, 0) is 18.6 Å². The third-order valence-electron chi connectivity index (χ3n) is 5.66. The number of nitrogens with zero attached hydrogens (tertiary/aromatic N) is 3. The van der Waals surface area contributed by atoms with Gasteiger partial charge in [0.25, 0.3) is 5.69 Å². The minimum Gasteiger partial charge on any atom is -0.379 e. The molecule has 0 spiro atoms. The lowest BCUT2D eigenvalue weighted by atomic mass is 9.99. The molecule has 3 aromatic rings. The van der Waals surface area contributed by atoms with Crippen molar-refractivity contribution in [1.29, 1.82) is 0 Å². The van der Waals surface area contributed by atoms with Gasteiger partial charge < -0.3 is 10.1 Å². The van der Waals surface area contributed by atoms with Crippen molar-refractivity contribution in [3.8, 4) is 22.4 Å². The van der Waals surface area contributed by atoms with Crippen LogP contribution in [-0.2, 0) is 9.53 Å². The van der Waals surface area contributed by atoms with Gasteiger partial charge >= 0.3 is 0 Å². The predicted octanol–water partition coefficient (Wildman–Crippen LogP) is 4.29. The van der Waals surface area contributed by atoms with Crippen molar-refractivity contribution >= 4 is 17.3 Å². The zero-order valence-corrected chi connectivity index (χ0v) is 18.5. The summed E-state index contributed by atoms with van der Waals surface area (Å²) >= 11 is 0. The van der Waals surface area contributed by atoms with Gasteiger partial charge in [0.05, 0.1) is 35.2 Å². The number of carbonyl (C=O) groups is 1. The van der Waals surface area contributed by atoms with E-state index in [9.17, 15) is 14.9 Å². The van der Waals surface area contributed by atoms with Crippen molar-refractivity contribution < 1.29 is 14.5 Å². The van der Waals surface area contributed by atoms with Crippen molar-refractivity contribution in [1.82, 2.24) is 9.88 Å². The fourth-order valence-corrected chi connectivity index (χ4v) is 3.89. The van der Waals surface area contributed by atoms with Gasteiger partial charge in [-0.1, -0.05) is 42.5 Å². The summed E-state index contributed by atoms with van der Waals surface area (Å²) in [6.45, 7) is 5.49. The average molecular weight is 447 g/mol. The quantitative estimate of drug-likeness (QED) is 0.429. The molecule has 8 heteroatoms. The molecule has 33 heavy (non-hydrogen) atoms. The molecule has 0 radical (unpaired) electrons. The predicted molar refractivity (Wildman–Crippen MR) is 127 cm³/mol. The van der Waals surface area contributed by atoms with Gasteiger partial charge in [0.2, 0.25) is 5.91 Å². The highest BCUT2D eigenvalue weighted by molar-refractivity contribution is 5.97. The summed E-state index contributed by atoms with van der Waals surface area (Å²) in [6.07, 6.45) is 0.342. The number of aryl methyl sites for hydroxylation is 1. The molecule has 1 fully saturated rings. The van der Waals surface area contributed by atoms with E-state index in [-0.39, 0.29) is 11.6 Å². The fourth-order valence-electron chi connectivity index (χ4n) is 3.89. The van der Waals surface area contributed by atoms with E-state index in [0.717, 1.165) is 24.3 Å². The Hall–Kier alpha value is -3.62. The zero-order valence-electron chi connectivity index (χ0n) is 18.5. The molecule has 1 aromatic heterocycles. The summed E-state index contributed by atoms with van der Waals surface area (Å²) in [6, 6.07) is 18.0. The molecule has 2 aromatic carbocycles. The number of non-ortho nitro benzene ring substituents is 1. The Morgan fingerprint density at radius 3 is 2.55 bits per heavy atom. The number of hydrogen-bond acceptors (Lipinski definition) is 6. The number of morpholine rings is 1. The summed E-state index contributed by atoms with van der Waals surface area (Å²) in [5.74, 6) is -0.120. The van der Waals surface area contributed by atoms with E-state index >= 15 is 0 Å². The highest BCUT2D eigenvalue weighted by Crippen LogP contribution is 2.35. The molecule has 1 aliphatic heterocycles. The van der Waals surface area contributed by atoms with Crippen LogP contribution < -0.4 is 5.32 Å². The van der Waals surface area contributed by atoms with Gasteiger partial charge in [0.15, 0.2) is 0 Å². The second-order valence-corrected chi connectivity index (χ2v) is 7.94. The minimum atomic E-state index is -0.420. The van der Waals surface area contributed by atoms with E-state index in [4.69, 9.17) is 9.72 Å². The molecular weight excluding hydrogens is 420 g/mol. The molecule has 4 rings (SSSR count). The SMILES string of the molecule is Cc1nc(-c2ccccc2)cc(-c2cccc([N+](=O)[O-])c2)c1NC(=O)CCN1CCOCC1. The summed E-state index contributed by atoms with van der Waals surface area (Å²) in [4.78, 5) is 30.7. The van der Waals surface area contributed by atoms with Crippen LogP contribution in [0.5, 0.6) is 0 Å². The number of nitrogens with one attached hydrogen (secondary N) is 1. The zero-order chi connectivity index (χ0) is 23.2. The Kier molecular flexibility index (Phi) is 7.07. The molecule has 1 aliphatic rings. The van der Waals surface area contributed by atoms with Crippen LogP contribution in [0, 0.1) is 17.0 Å². The van der Waals surface area contributed by atoms with Crippen LogP contribution in [-0.4, -0.2) is 53.6 Å². The van der Waals surface area contributed by atoms with Crippen LogP contribution in [0.3, 0.4) is 0 Å². The minimum absolute atomic E-state index is 0.00665. The molecule has 1 N–H and O–H groups in total. The molecule has 8 nitrogen and oxygen atoms in total. The average Bonchev–Trinajstić information content (AvgIpc) is 2.85. The second kappa shape index (κ2) is 10.3. The Bertz CT molecular complexity index is 1140. The highest BCUT2D eigenvalue weighted by Gasteiger charge is 2.18. The summed E-state index contributed by atoms with van der Waals surface area (Å²) in [5.41, 5.74) is 4.23. The first kappa shape index (κ1) is 22.6. The van der Waals surface area contributed by atoms with Crippen molar-refractivity contribution in [2.45, 2.75) is 13.3 Å². The normalized spacial score (nSPS) is 14.1. The molecule has 0 aliphatic carbocycles. The standard InChI is InChI=1S/C25H26N4O4/c1-18-25(27-24(30)10-11-28-12-14-33-15-13-28)22(20-8-5-9-21(16-20)29(31)32)17-23(26-18)19-6-3-2-4-7-19/h2-9,16-17H,10-15H2,1H3,(H,27,30). The number of amides is 1. The third-order valence-corrected chi connectivity index (χ3v) is 5.66. The Morgan fingerprint density at radius 2 is 1.82 bits per heavy atom. The lowest BCUT2D eigenvalue weighted by Gasteiger charge is -2.26. The Morgan fingerprint density at radius 1 is 1.09 bits per heavy atom. The monoisotopic (exact) mass is 446 g/mol. The number of rotatable bonds is 7. The number of carbonyl (C=O) groups excluding carboxylic acids is 1. The summed E-state index contributed by atoms with van der Waals surface area (Å²) < 4.78 is 5.36. The fraction of sp³-hybridized carbons (Fsp3) is 0.280. The largest absolute Gasteiger partial charge is 0.379 e. The van der Waals surface area contributed by atoms with Crippen LogP contribution in [0.1, 0.15) is 12.1 Å². The smallest absolute Gasteiger partial charge is 0.270 e. The van der Waals surface area contributed by atoms with E-state index < -0.39 is 4.92 Å². The first-order valence-electron chi connectivity index (χ1n) is 10.9. The van der Waals surface area contributed by atoms with Gasteiger partial charge in [-0.3, -0.25) is 24.8 Å². The maximum atomic E-state index is 12.8. The number of hydrogen-bond donors (Lipinski definition) is 1. The van der Waals surface area contributed by atoms with Gasteiger partial charge in [0, 0.05) is 49.3 Å². The van der Waals surface area contributed by atoms with Gasteiger partial charge in [-0.15, -0.1) is 0 Å². The highest BCUT2D eigenvalue weighted by atomic mass is 16.6. The number of ether oxygens (including phenoxy) is 1. The van der Waals surface area contributed by atoms with E-state index in [1.165, 1.54) is 12.1 Å². The molecule has 0 atom stereocenters. The number of benzene rings is 2. The lowest BCUT2D eigenvalue weighted by molar-refractivity contribution is -0.384. The van der Waals surface area contributed by atoms with Crippen LogP contribution in [0.15, 0.2) is 60.7 Å². The van der Waals surface area contributed by atoms with Crippen LogP contribution in [0.4, 0.5) is 11.4 Å². The molecular formula is C25H26N4O4. The van der Waals surface area contributed by atoms with Crippen LogP contribution in [0.2, 0.25) is 0 Å². The molecule has 2 heterocycles. The van der Waals surface area contributed by atoms with Crippen molar-refractivity contribution in [2.24, 2.45) is 0 Å². The molecule has 170 valence electrons. The lowest BCUT2D eigenvalue weighted by Crippen LogP contribution is -2.38.